The number of nitrogens with two attached hydrogens (primary N) is 1. The molecule has 0 saturated heterocycles. The minimum Gasteiger partial charge on any atom is -0.348 e. The number of carbonyl (C=O) groups excluding carboxylic acids is 1. The Balaban J connectivity index is 2.74. The molecule has 0 spiro atoms. The molecule has 1 unspecified atom stereocenters. The van der Waals surface area contributed by atoms with E-state index in [4.69, 9.17) is 17.3 Å². The van der Waals surface area contributed by atoms with Gasteiger partial charge in [-0.05, 0) is 31.9 Å². The van der Waals surface area contributed by atoms with Crippen molar-refractivity contribution in [3.8, 4) is 0 Å². The van der Waals surface area contributed by atoms with Gasteiger partial charge < -0.3 is 11.1 Å². The minimum atomic E-state index is -0.829. The number of hydrogen-bond donors (Lipinski definition) is 2. The van der Waals surface area contributed by atoms with Gasteiger partial charge in [0, 0.05) is 5.02 Å². The highest BCUT2D eigenvalue weighted by molar-refractivity contribution is 6.31. The van der Waals surface area contributed by atoms with Crippen LogP contribution in [0.5, 0.6) is 0 Å². The van der Waals surface area contributed by atoms with Crippen LogP contribution in [0.1, 0.15) is 45.2 Å². The second-order valence-corrected chi connectivity index (χ2v) is 5.29. The topological polar surface area (TPSA) is 55.1 Å². The van der Waals surface area contributed by atoms with Gasteiger partial charge in [0.25, 0.3) is 0 Å². The van der Waals surface area contributed by atoms with Gasteiger partial charge in [0.1, 0.15) is 0 Å². The minimum absolute atomic E-state index is 0.142. The van der Waals surface area contributed by atoms with Crippen LogP contribution in [-0.4, -0.2) is 11.4 Å². The summed E-state index contributed by atoms with van der Waals surface area (Å²) in [5, 5.41) is 3.57. The fourth-order valence-electron chi connectivity index (χ4n) is 1.90. The standard InChI is InChI=1S/C14H21ClN2O/c1-4-9-14(3,16)13(18)17-10(2)11-7-5-6-8-12(11)15/h5-8,10H,4,9,16H2,1-3H3,(H,17,18)/t10-,14?/m0/s1. The maximum atomic E-state index is 12.1. The first kappa shape index (κ1) is 15.0. The summed E-state index contributed by atoms with van der Waals surface area (Å²) >= 11 is 6.10. The van der Waals surface area contributed by atoms with E-state index in [0.29, 0.717) is 11.4 Å². The van der Waals surface area contributed by atoms with Gasteiger partial charge >= 0.3 is 0 Å². The molecule has 3 N–H and O–H groups in total. The van der Waals surface area contributed by atoms with E-state index in [1.54, 1.807) is 6.92 Å². The summed E-state index contributed by atoms with van der Waals surface area (Å²) in [6.45, 7) is 5.67. The molecule has 3 nitrogen and oxygen atoms in total. The molecule has 0 radical (unpaired) electrons. The van der Waals surface area contributed by atoms with Crippen molar-refractivity contribution in [1.82, 2.24) is 5.32 Å². The predicted octanol–water partition coefficient (Wildman–Crippen LogP) is 3.03. The zero-order valence-corrected chi connectivity index (χ0v) is 11.9. The molecule has 1 rings (SSSR count). The molecule has 0 aliphatic heterocycles. The average molecular weight is 269 g/mol. The molecule has 18 heavy (non-hydrogen) atoms. The molecule has 0 saturated carbocycles. The summed E-state index contributed by atoms with van der Waals surface area (Å²) in [5.74, 6) is -0.142. The first-order valence-electron chi connectivity index (χ1n) is 6.22. The van der Waals surface area contributed by atoms with E-state index in [0.717, 1.165) is 12.0 Å². The third-order valence-corrected chi connectivity index (χ3v) is 3.35. The lowest BCUT2D eigenvalue weighted by atomic mass is 9.95. The predicted molar refractivity (Wildman–Crippen MR) is 75.5 cm³/mol. The van der Waals surface area contributed by atoms with Crippen LogP contribution in [-0.2, 0) is 4.79 Å². The van der Waals surface area contributed by atoms with Crippen LogP contribution in [0, 0.1) is 0 Å². The van der Waals surface area contributed by atoms with Crippen molar-refractivity contribution >= 4 is 17.5 Å². The van der Waals surface area contributed by atoms with Crippen LogP contribution >= 0.6 is 11.6 Å². The fraction of sp³-hybridized carbons (Fsp3) is 0.500. The Kier molecular flexibility index (Phi) is 5.17. The number of hydrogen-bond acceptors (Lipinski definition) is 2. The van der Waals surface area contributed by atoms with Gasteiger partial charge in [0.05, 0.1) is 11.6 Å². The molecular formula is C14H21ClN2O. The third-order valence-electron chi connectivity index (χ3n) is 3.01. The maximum Gasteiger partial charge on any atom is 0.240 e. The maximum absolute atomic E-state index is 12.1. The smallest absolute Gasteiger partial charge is 0.240 e. The van der Waals surface area contributed by atoms with Crippen molar-refractivity contribution in [1.29, 1.82) is 0 Å². The Labute approximate surface area is 114 Å². The third kappa shape index (κ3) is 3.72. The van der Waals surface area contributed by atoms with Crippen LogP contribution in [0.25, 0.3) is 0 Å². The molecule has 1 aromatic carbocycles. The largest absolute Gasteiger partial charge is 0.348 e. The zero-order valence-electron chi connectivity index (χ0n) is 11.2. The van der Waals surface area contributed by atoms with Crippen molar-refractivity contribution in [2.45, 2.75) is 45.2 Å². The summed E-state index contributed by atoms with van der Waals surface area (Å²) in [5.41, 5.74) is 6.06. The molecule has 0 fully saturated rings. The van der Waals surface area contributed by atoms with Gasteiger partial charge in [-0.15, -0.1) is 0 Å². The lowest BCUT2D eigenvalue weighted by Gasteiger charge is -2.26. The van der Waals surface area contributed by atoms with Crippen molar-refractivity contribution in [2.24, 2.45) is 5.73 Å². The number of amides is 1. The molecule has 1 amide bonds. The average Bonchev–Trinajstić information content (AvgIpc) is 2.29. The normalized spacial score (nSPS) is 15.8. The summed E-state index contributed by atoms with van der Waals surface area (Å²) < 4.78 is 0. The highest BCUT2D eigenvalue weighted by Crippen LogP contribution is 2.22. The van der Waals surface area contributed by atoms with E-state index >= 15 is 0 Å². The van der Waals surface area contributed by atoms with Gasteiger partial charge in [-0.3, -0.25) is 4.79 Å². The first-order chi connectivity index (χ1) is 8.38. The van der Waals surface area contributed by atoms with Gasteiger partial charge in [0.2, 0.25) is 5.91 Å². The van der Waals surface area contributed by atoms with E-state index in [1.165, 1.54) is 0 Å². The number of halogens is 1. The molecule has 0 aromatic heterocycles. The Morgan fingerprint density at radius 3 is 2.67 bits per heavy atom. The highest BCUT2D eigenvalue weighted by atomic mass is 35.5. The van der Waals surface area contributed by atoms with Crippen molar-refractivity contribution in [2.75, 3.05) is 0 Å². The van der Waals surface area contributed by atoms with Crippen molar-refractivity contribution in [3.63, 3.8) is 0 Å². The van der Waals surface area contributed by atoms with Gasteiger partial charge in [-0.2, -0.15) is 0 Å². The molecule has 100 valence electrons. The Morgan fingerprint density at radius 1 is 1.50 bits per heavy atom. The second-order valence-electron chi connectivity index (χ2n) is 4.88. The van der Waals surface area contributed by atoms with Gasteiger partial charge in [-0.1, -0.05) is 43.1 Å². The van der Waals surface area contributed by atoms with Crippen LogP contribution in [0.2, 0.25) is 5.02 Å². The molecule has 0 aliphatic carbocycles. The van der Waals surface area contributed by atoms with Gasteiger partial charge in [0.15, 0.2) is 0 Å². The summed E-state index contributed by atoms with van der Waals surface area (Å²) in [6.07, 6.45) is 1.54. The lowest BCUT2D eigenvalue weighted by molar-refractivity contribution is -0.126. The molecule has 0 bridgehead atoms. The van der Waals surface area contributed by atoms with Crippen LogP contribution in [0.15, 0.2) is 24.3 Å². The van der Waals surface area contributed by atoms with E-state index < -0.39 is 5.54 Å². The van der Waals surface area contributed by atoms with Crippen molar-refractivity contribution < 1.29 is 4.79 Å². The van der Waals surface area contributed by atoms with Gasteiger partial charge in [-0.25, -0.2) is 0 Å². The Morgan fingerprint density at radius 2 is 2.11 bits per heavy atom. The molecule has 1 aromatic rings. The molecule has 0 aliphatic rings. The molecule has 4 heteroatoms. The Bertz CT molecular complexity index is 418. The van der Waals surface area contributed by atoms with Crippen molar-refractivity contribution in [3.05, 3.63) is 34.9 Å². The fourth-order valence-corrected chi connectivity index (χ4v) is 2.20. The number of benzene rings is 1. The van der Waals surface area contributed by atoms with Crippen LogP contribution in [0.4, 0.5) is 0 Å². The number of rotatable bonds is 5. The summed E-state index contributed by atoms with van der Waals surface area (Å²) in [7, 11) is 0. The number of carbonyl (C=O) groups is 1. The molecular weight excluding hydrogens is 248 g/mol. The summed E-state index contributed by atoms with van der Waals surface area (Å²) in [4.78, 5) is 12.1. The number of nitrogens with one attached hydrogen (secondary N) is 1. The SMILES string of the molecule is CCCC(C)(N)C(=O)N[C@@H](C)c1ccccc1Cl. The zero-order chi connectivity index (χ0) is 13.8. The highest BCUT2D eigenvalue weighted by Gasteiger charge is 2.28. The van der Waals surface area contributed by atoms with E-state index in [-0.39, 0.29) is 11.9 Å². The van der Waals surface area contributed by atoms with E-state index in [2.05, 4.69) is 5.32 Å². The van der Waals surface area contributed by atoms with Crippen LogP contribution < -0.4 is 11.1 Å². The van der Waals surface area contributed by atoms with E-state index in [1.807, 2.05) is 38.1 Å². The monoisotopic (exact) mass is 268 g/mol. The molecule has 2 atom stereocenters. The lowest BCUT2D eigenvalue weighted by Crippen LogP contribution is -2.52. The van der Waals surface area contributed by atoms with Crippen LogP contribution in [0.3, 0.4) is 0 Å². The quantitative estimate of drug-likeness (QED) is 0.862. The van der Waals surface area contributed by atoms with E-state index in [9.17, 15) is 4.79 Å². The summed E-state index contributed by atoms with van der Waals surface area (Å²) in [6, 6.07) is 7.34. The Hall–Kier alpha value is -1.06. The molecule has 0 heterocycles. The first-order valence-corrected chi connectivity index (χ1v) is 6.60. The second kappa shape index (κ2) is 6.21.